The van der Waals surface area contributed by atoms with Gasteiger partial charge >= 0.3 is 0 Å². The third kappa shape index (κ3) is 4.01. The van der Waals surface area contributed by atoms with Crippen LogP contribution < -0.4 is 14.8 Å². The molecule has 0 saturated carbocycles. The largest absolute Gasteiger partial charge is 0.486 e. The molecule has 2 aliphatic heterocycles. The summed E-state index contributed by atoms with van der Waals surface area (Å²) in [5.74, 6) is 1.01. The highest BCUT2D eigenvalue weighted by molar-refractivity contribution is 7.89. The molecule has 0 aliphatic carbocycles. The maximum absolute atomic E-state index is 13.1. The summed E-state index contributed by atoms with van der Waals surface area (Å²) >= 11 is 1.39. The second kappa shape index (κ2) is 8.10. The molecule has 1 amide bonds. The van der Waals surface area contributed by atoms with Crippen molar-refractivity contribution in [3.8, 4) is 11.5 Å². The average molecular weight is 423 g/mol. The van der Waals surface area contributed by atoms with E-state index in [1.807, 2.05) is 11.4 Å². The molecule has 1 aromatic heterocycles. The van der Waals surface area contributed by atoms with E-state index < -0.39 is 10.0 Å². The Balaban J connectivity index is 1.42. The number of benzene rings is 1. The molecule has 1 saturated heterocycles. The van der Waals surface area contributed by atoms with E-state index in [0.717, 1.165) is 12.8 Å². The number of hydrogen-bond acceptors (Lipinski definition) is 6. The second-order valence-electron chi connectivity index (χ2n) is 6.86. The van der Waals surface area contributed by atoms with Crippen molar-refractivity contribution in [1.29, 1.82) is 0 Å². The highest BCUT2D eigenvalue weighted by Crippen LogP contribution is 2.34. The number of carbonyl (C=O) groups is 1. The molecule has 4 rings (SSSR count). The number of rotatable bonds is 5. The van der Waals surface area contributed by atoms with E-state index in [9.17, 15) is 13.2 Å². The molecular formula is C19H22N2O5S2. The normalized spacial score (nSPS) is 19.9. The number of piperidine rings is 1. The van der Waals surface area contributed by atoms with Gasteiger partial charge in [0.1, 0.15) is 13.2 Å². The Bertz CT molecular complexity index is 943. The predicted molar refractivity (Wildman–Crippen MR) is 106 cm³/mol. The predicted octanol–water partition coefficient (Wildman–Crippen LogP) is 2.35. The second-order valence-corrected chi connectivity index (χ2v) is 9.75. The van der Waals surface area contributed by atoms with Gasteiger partial charge in [-0.05, 0) is 42.3 Å². The lowest BCUT2D eigenvalue weighted by Crippen LogP contribution is -2.43. The van der Waals surface area contributed by atoms with Crippen LogP contribution in [-0.4, -0.2) is 51.5 Å². The van der Waals surface area contributed by atoms with Crippen LogP contribution in [0.25, 0.3) is 0 Å². The summed E-state index contributed by atoms with van der Waals surface area (Å²) in [5.41, 5.74) is 0. The Kier molecular flexibility index (Phi) is 5.56. The topological polar surface area (TPSA) is 84.9 Å². The van der Waals surface area contributed by atoms with Crippen LogP contribution in [0, 0.1) is 5.92 Å². The summed E-state index contributed by atoms with van der Waals surface area (Å²) in [6.45, 7) is 2.20. The van der Waals surface area contributed by atoms with E-state index >= 15 is 0 Å². The van der Waals surface area contributed by atoms with E-state index in [1.165, 1.54) is 21.7 Å². The smallest absolute Gasteiger partial charge is 0.261 e. The molecule has 0 radical (unpaired) electrons. The molecule has 2 aliphatic rings. The van der Waals surface area contributed by atoms with Gasteiger partial charge in [0, 0.05) is 25.7 Å². The highest BCUT2D eigenvalue weighted by atomic mass is 32.2. The summed E-state index contributed by atoms with van der Waals surface area (Å²) in [5, 5.41) is 4.78. The van der Waals surface area contributed by atoms with Crippen LogP contribution in [0.15, 0.2) is 40.6 Å². The minimum Gasteiger partial charge on any atom is -0.486 e. The van der Waals surface area contributed by atoms with Gasteiger partial charge in [-0.3, -0.25) is 4.79 Å². The van der Waals surface area contributed by atoms with Crippen molar-refractivity contribution in [3.63, 3.8) is 0 Å². The number of hydrogen-bond donors (Lipinski definition) is 1. The molecule has 1 aromatic carbocycles. The third-order valence-corrected chi connectivity index (χ3v) is 7.66. The Morgan fingerprint density at radius 1 is 1.21 bits per heavy atom. The van der Waals surface area contributed by atoms with Crippen molar-refractivity contribution in [3.05, 3.63) is 40.6 Å². The summed E-state index contributed by atoms with van der Waals surface area (Å²) in [7, 11) is -3.62. The monoisotopic (exact) mass is 422 g/mol. The van der Waals surface area contributed by atoms with Gasteiger partial charge in [0.15, 0.2) is 11.5 Å². The lowest BCUT2D eigenvalue weighted by atomic mass is 10.00. The van der Waals surface area contributed by atoms with Crippen molar-refractivity contribution in [2.75, 3.05) is 32.8 Å². The lowest BCUT2D eigenvalue weighted by Gasteiger charge is -2.32. The molecule has 3 heterocycles. The van der Waals surface area contributed by atoms with Crippen molar-refractivity contribution in [1.82, 2.24) is 9.62 Å². The zero-order valence-corrected chi connectivity index (χ0v) is 16.9. The number of sulfonamides is 1. The molecule has 0 unspecified atom stereocenters. The van der Waals surface area contributed by atoms with E-state index in [4.69, 9.17) is 9.47 Å². The number of amides is 1. The maximum atomic E-state index is 13.1. The van der Waals surface area contributed by atoms with Crippen LogP contribution in [-0.2, 0) is 10.0 Å². The van der Waals surface area contributed by atoms with Gasteiger partial charge in [-0.1, -0.05) is 6.07 Å². The van der Waals surface area contributed by atoms with Gasteiger partial charge in [-0.15, -0.1) is 11.3 Å². The standard InChI is InChI=1S/C19H22N2O5S2/c22-19(18-4-2-10-27-18)20-12-14-3-1-7-21(13-14)28(23,24)15-5-6-16-17(11-15)26-9-8-25-16/h2,4-6,10-11,14H,1,3,7-9,12-13H2,(H,20,22)/t14-/m0/s1. The first-order chi connectivity index (χ1) is 13.5. The zero-order chi connectivity index (χ0) is 19.6. The number of carbonyl (C=O) groups excluding carboxylic acids is 1. The van der Waals surface area contributed by atoms with E-state index in [-0.39, 0.29) is 16.7 Å². The minimum atomic E-state index is -3.62. The first kappa shape index (κ1) is 19.2. The Morgan fingerprint density at radius 2 is 2.04 bits per heavy atom. The molecule has 9 heteroatoms. The van der Waals surface area contributed by atoms with E-state index in [1.54, 1.807) is 18.2 Å². The van der Waals surface area contributed by atoms with Gasteiger partial charge in [0.2, 0.25) is 10.0 Å². The number of thiophene rings is 1. The molecule has 28 heavy (non-hydrogen) atoms. The molecule has 0 bridgehead atoms. The first-order valence-electron chi connectivity index (χ1n) is 9.25. The van der Waals surface area contributed by atoms with Crippen LogP contribution in [0.3, 0.4) is 0 Å². The quantitative estimate of drug-likeness (QED) is 0.800. The lowest BCUT2D eigenvalue weighted by molar-refractivity contribution is 0.0945. The molecule has 1 atom stereocenters. The molecule has 0 spiro atoms. The number of ether oxygens (including phenoxy) is 2. The Labute approximate surface area is 168 Å². The Hall–Kier alpha value is -2.10. The third-order valence-electron chi connectivity index (χ3n) is 4.93. The van der Waals surface area contributed by atoms with Crippen molar-refractivity contribution < 1.29 is 22.7 Å². The number of nitrogens with zero attached hydrogens (tertiary/aromatic N) is 1. The zero-order valence-electron chi connectivity index (χ0n) is 15.3. The molecule has 1 fully saturated rings. The summed E-state index contributed by atoms with van der Waals surface area (Å²) in [4.78, 5) is 13.0. The molecule has 1 N–H and O–H groups in total. The van der Waals surface area contributed by atoms with Crippen LogP contribution in [0.4, 0.5) is 0 Å². The van der Waals surface area contributed by atoms with Crippen LogP contribution in [0.5, 0.6) is 11.5 Å². The molecule has 2 aromatic rings. The average Bonchev–Trinajstić information content (AvgIpc) is 3.27. The van der Waals surface area contributed by atoms with Gasteiger partial charge in [0.25, 0.3) is 5.91 Å². The van der Waals surface area contributed by atoms with Gasteiger partial charge in [0.05, 0.1) is 9.77 Å². The van der Waals surface area contributed by atoms with Gasteiger partial charge < -0.3 is 14.8 Å². The van der Waals surface area contributed by atoms with Crippen molar-refractivity contribution >= 4 is 27.3 Å². The molecule has 7 nitrogen and oxygen atoms in total. The number of fused-ring (bicyclic) bond motifs is 1. The fourth-order valence-electron chi connectivity index (χ4n) is 3.48. The SMILES string of the molecule is O=C(NC[C@@H]1CCCN(S(=O)(=O)c2ccc3c(c2)OCCO3)C1)c1cccs1. The fraction of sp³-hybridized carbons (Fsp3) is 0.421. The van der Waals surface area contributed by atoms with Crippen LogP contribution >= 0.6 is 11.3 Å². The summed E-state index contributed by atoms with van der Waals surface area (Å²) in [6.07, 6.45) is 1.65. The van der Waals surface area contributed by atoms with Crippen molar-refractivity contribution in [2.24, 2.45) is 5.92 Å². The van der Waals surface area contributed by atoms with Crippen LogP contribution in [0.1, 0.15) is 22.5 Å². The van der Waals surface area contributed by atoms with Crippen LogP contribution in [0.2, 0.25) is 0 Å². The highest BCUT2D eigenvalue weighted by Gasteiger charge is 2.31. The molecular weight excluding hydrogens is 400 g/mol. The maximum Gasteiger partial charge on any atom is 0.261 e. The fourth-order valence-corrected chi connectivity index (χ4v) is 5.69. The van der Waals surface area contributed by atoms with Crippen molar-refractivity contribution in [2.45, 2.75) is 17.7 Å². The Morgan fingerprint density at radius 3 is 2.82 bits per heavy atom. The molecule has 150 valence electrons. The number of nitrogens with one attached hydrogen (secondary N) is 1. The summed E-state index contributed by atoms with van der Waals surface area (Å²) in [6, 6.07) is 8.35. The summed E-state index contributed by atoms with van der Waals surface area (Å²) < 4.78 is 38.7. The van der Waals surface area contributed by atoms with E-state index in [2.05, 4.69) is 5.32 Å². The first-order valence-corrected chi connectivity index (χ1v) is 11.6. The minimum absolute atomic E-state index is 0.0876. The van der Waals surface area contributed by atoms with E-state index in [0.29, 0.717) is 49.2 Å². The van der Waals surface area contributed by atoms with Gasteiger partial charge in [-0.25, -0.2) is 8.42 Å². The van der Waals surface area contributed by atoms with Gasteiger partial charge in [-0.2, -0.15) is 4.31 Å².